The lowest BCUT2D eigenvalue weighted by molar-refractivity contribution is 0.410. The van der Waals surface area contributed by atoms with E-state index in [0.717, 1.165) is 12.1 Å². The van der Waals surface area contributed by atoms with Gasteiger partial charge in [0.15, 0.2) is 0 Å². The van der Waals surface area contributed by atoms with Crippen LogP contribution in [0.15, 0.2) is 66.9 Å². The second-order valence-corrected chi connectivity index (χ2v) is 8.21. The topological polar surface area (TPSA) is 40.7 Å². The maximum Gasteiger partial charge on any atom is 0.0480 e. The second kappa shape index (κ2) is 7.49. The van der Waals surface area contributed by atoms with Crippen LogP contribution < -0.4 is 5.32 Å². The zero-order valence-electron chi connectivity index (χ0n) is 17.1. The van der Waals surface area contributed by atoms with Crippen molar-refractivity contribution >= 4 is 10.9 Å². The fourth-order valence-electron chi connectivity index (χ4n) is 4.59. The van der Waals surface area contributed by atoms with Crippen molar-refractivity contribution in [2.45, 2.75) is 45.2 Å². The predicted octanol–water partition coefficient (Wildman–Crippen LogP) is 6.27. The number of pyridine rings is 1. The Labute approximate surface area is 172 Å². The third-order valence-electron chi connectivity index (χ3n) is 6.20. The van der Waals surface area contributed by atoms with Gasteiger partial charge in [-0.1, -0.05) is 42.5 Å². The molecule has 2 aromatic carbocycles. The second-order valence-electron chi connectivity index (χ2n) is 8.21. The van der Waals surface area contributed by atoms with Crippen LogP contribution in [0.4, 0.5) is 0 Å². The number of nitrogens with one attached hydrogen (secondary N) is 2. The molecule has 0 radical (unpaired) electrons. The number of nitrogens with zero attached hydrogens (tertiary/aromatic N) is 1. The van der Waals surface area contributed by atoms with E-state index in [1.54, 1.807) is 0 Å². The van der Waals surface area contributed by atoms with Gasteiger partial charge in [0.25, 0.3) is 0 Å². The van der Waals surface area contributed by atoms with E-state index in [2.05, 4.69) is 82.9 Å². The predicted molar refractivity (Wildman–Crippen MR) is 120 cm³/mol. The first-order valence-corrected chi connectivity index (χ1v) is 10.6. The maximum atomic E-state index is 4.47. The first-order valence-electron chi connectivity index (χ1n) is 10.6. The first kappa shape index (κ1) is 18.1. The molecule has 0 amide bonds. The van der Waals surface area contributed by atoms with Crippen LogP contribution >= 0.6 is 0 Å². The van der Waals surface area contributed by atoms with E-state index in [9.17, 15) is 0 Å². The molecule has 0 saturated carbocycles. The maximum absolute atomic E-state index is 4.47. The van der Waals surface area contributed by atoms with Crippen LogP contribution in [0.2, 0.25) is 0 Å². The lowest BCUT2D eigenvalue weighted by Gasteiger charge is -2.27. The third kappa shape index (κ3) is 3.47. The monoisotopic (exact) mass is 381 g/mol. The van der Waals surface area contributed by atoms with Gasteiger partial charge < -0.3 is 10.3 Å². The quantitative estimate of drug-likeness (QED) is 0.437. The molecule has 0 fully saturated rings. The summed E-state index contributed by atoms with van der Waals surface area (Å²) in [6.45, 7) is 4.29. The van der Waals surface area contributed by atoms with Gasteiger partial charge in [-0.3, -0.25) is 4.98 Å². The Balaban J connectivity index is 1.49. The largest absolute Gasteiger partial charge is 0.357 e. The molecular formula is C26H27N3. The van der Waals surface area contributed by atoms with Gasteiger partial charge in [-0.25, -0.2) is 0 Å². The molecule has 0 bridgehead atoms. The van der Waals surface area contributed by atoms with Crippen LogP contribution in [-0.2, 0) is 6.42 Å². The molecule has 2 N–H and O–H groups in total. The summed E-state index contributed by atoms with van der Waals surface area (Å²) >= 11 is 0. The zero-order valence-corrected chi connectivity index (χ0v) is 17.1. The molecule has 2 aromatic heterocycles. The highest BCUT2D eigenvalue weighted by Crippen LogP contribution is 2.37. The number of H-pyrrole nitrogens is 1. The van der Waals surface area contributed by atoms with Crippen molar-refractivity contribution in [2.24, 2.45) is 0 Å². The Morgan fingerprint density at radius 1 is 1.03 bits per heavy atom. The molecule has 4 aromatic rings. The molecule has 3 nitrogen and oxygen atoms in total. The Kier molecular flexibility index (Phi) is 4.69. The fourth-order valence-corrected chi connectivity index (χ4v) is 4.59. The van der Waals surface area contributed by atoms with Crippen LogP contribution in [0.5, 0.6) is 0 Å². The third-order valence-corrected chi connectivity index (χ3v) is 6.20. The van der Waals surface area contributed by atoms with Crippen molar-refractivity contribution in [3.05, 3.63) is 89.4 Å². The van der Waals surface area contributed by atoms with Crippen molar-refractivity contribution in [1.29, 1.82) is 0 Å². The summed E-state index contributed by atoms with van der Waals surface area (Å²) < 4.78 is 0. The molecular weight excluding hydrogens is 354 g/mol. The van der Waals surface area contributed by atoms with E-state index in [1.165, 1.54) is 51.7 Å². The number of hydrogen-bond donors (Lipinski definition) is 2. The molecule has 146 valence electrons. The molecule has 0 spiro atoms. The normalized spacial score (nSPS) is 17.2. The highest BCUT2D eigenvalue weighted by atomic mass is 15.0. The SMILES string of the molecule is Cc1ccc(-c2ccc3[nH]c4c(c3c2)CCCC4N[C@H](C)c2ccccc2)cn1. The number of benzene rings is 2. The van der Waals surface area contributed by atoms with Gasteiger partial charge in [0.05, 0.1) is 0 Å². The minimum absolute atomic E-state index is 0.327. The number of aromatic nitrogens is 2. The average Bonchev–Trinajstić information content (AvgIpc) is 3.14. The molecule has 5 rings (SSSR count). The summed E-state index contributed by atoms with van der Waals surface area (Å²) in [5.41, 5.74) is 8.88. The van der Waals surface area contributed by atoms with Crippen LogP contribution in [0.3, 0.4) is 0 Å². The number of aromatic amines is 1. The average molecular weight is 382 g/mol. The summed E-state index contributed by atoms with van der Waals surface area (Å²) in [6, 6.07) is 22.4. The van der Waals surface area contributed by atoms with Crippen molar-refractivity contribution in [2.75, 3.05) is 0 Å². The van der Waals surface area contributed by atoms with Crippen molar-refractivity contribution < 1.29 is 0 Å². The van der Waals surface area contributed by atoms with E-state index in [4.69, 9.17) is 0 Å². The first-order chi connectivity index (χ1) is 14.2. The molecule has 2 atom stereocenters. The Bertz CT molecular complexity index is 1130. The highest BCUT2D eigenvalue weighted by molar-refractivity contribution is 5.89. The lowest BCUT2D eigenvalue weighted by atomic mass is 9.90. The lowest BCUT2D eigenvalue weighted by Crippen LogP contribution is -2.27. The Hall–Kier alpha value is -2.91. The minimum atomic E-state index is 0.327. The van der Waals surface area contributed by atoms with Gasteiger partial charge in [0.1, 0.15) is 0 Å². The van der Waals surface area contributed by atoms with E-state index >= 15 is 0 Å². The molecule has 1 aliphatic carbocycles. The van der Waals surface area contributed by atoms with Gasteiger partial charge in [-0.2, -0.15) is 0 Å². The van der Waals surface area contributed by atoms with Crippen LogP contribution in [0.1, 0.15) is 54.4 Å². The summed E-state index contributed by atoms with van der Waals surface area (Å²) in [4.78, 5) is 8.20. The summed E-state index contributed by atoms with van der Waals surface area (Å²) in [5, 5.41) is 5.22. The number of fused-ring (bicyclic) bond motifs is 3. The fraction of sp³-hybridized carbons (Fsp3) is 0.269. The molecule has 3 heteroatoms. The molecule has 29 heavy (non-hydrogen) atoms. The van der Waals surface area contributed by atoms with E-state index in [-0.39, 0.29) is 0 Å². The highest BCUT2D eigenvalue weighted by Gasteiger charge is 2.25. The molecule has 1 unspecified atom stereocenters. The Morgan fingerprint density at radius 3 is 2.66 bits per heavy atom. The summed E-state index contributed by atoms with van der Waals surface area (Å²) in [5.74, 6) is 0. The van der Waals surface area contributed by atoms with Gasteiger partial charge >= 0.3 is 0 Å². The molecule has 2 heterocycles. The smallest absolute Gasteiger partial charge is 0.0480 e. The van der Waals surface area contributed by atoms with Crippen molar-refractivity contribution in [3.63, 3.8) is 0 Å². The summed E-state index contributed by atoms with van der Waals surface area (Å²) in [6.07, 6.45) is 5.51. The van der Waals surface area contributed by atoms with E-state index < -0.39 is 0 Å². The van der Waals surface area contributed by atoms with Crippen molar-refractivity contribution in [3.8, 4) is 11.1 Å². The van der Waals surface area contributed by atoms with Gasteiger partial charge in [0, 0.05) is 46.1 Å². The molecule has 1 aliphatic rings. The standard InChI is InChI=1S/C26H27N3/c1-17-11-12-21(16-27-17)20-13-14-24-23(15-20)22-9-6-10-25(26(22)29-24)28-18(2)19-7-4-3-5-8-19/h3-5,7-8,11-16,18,25,28-29H,6,9-10H2,1-2H3/t18-,25?/m1/s1. The Morgan fingerprint density at radius 2 is 1.86 bits per heavy atom. The van der Waals surface area contributed by atoms with Gasteiger partial charge in [-0.05, 0) is 68.0 Å². The van der Waals surface area contributed by atoms with Crippen LogP contribution in [0.25, 0.3) is 22.0 Å². The van der Waals surface area contributed by atoms with Gasteiger partial charge in [0.2, 0.25) is 0 Å². The molecule has 0 aliphatic heterocycles. The van der Waals surface area contributed by atoms with Crippen molar-refractivity contribution in [1.82, 2.24) is 15.3 Å². The molecule has 0 saturated heterocycles. The number of aryl methyl sites for hydroxylation is 2. The number of hydrogen-bond acceptors (Lipinski definition) is 2. The van der Waals surface area contributed by atoms with E-state index in [0.29, 0.717) is 12.1 Å². The summed E-state index contributed by atoms with van der Waals surface area (Å²) in [7, 11) is 0. The van der Waals surface area contributed by atoms with Crippen LogP contribution in [0, 0.1) is 6.92 Å². The zero-order chi connectivity index (χ0) is 19.8. The minimum Gasteiger partial charge on any atom is -0.357 e. The number of rotatable bonds is 4. The van der Waals surface area contributed by atoms with E-state index in [1.807, 2.05) is 13.1 Å². The van der Waals surface area contributed by atoms with Gasteiger partial charge in [-0.15, -0.1) is 0 Å². The van der Waals surface area contributed by atoms with Crippen LogP contribution in [-0.4, -0.2) is 9.97 Å².